The maximum absolute atomic E-state index is 13.0. The van der Waals surface area contributed by atoms with Gasteiger partial charge in [-0.05, 0) is 26.0 Å². The minimum absolute atomic E-state index is 0.215. The first-order valence-electron chi connectivity index (χ1n) is 7.99. The molecule has 0 N–H and O–H groups in total. The van der Waals surface area contributed by atoms with Crippen LogP contribution in [0.5, 0.6) is 0 Å². The van der Waals surface area contributed by atoms with Gasteiger partial charge in [0, 0.05) is 0 Å². The van der Waals surface area contributed by atoms with Crippen molar-refractivity contribution in [3.63, 3.8) is 0 Å². The van der Waals surface area contributed by atoms with Crippen molar-refractivity contribution in [1.82, 2.24) is 0 Å². The van der Waals surface area contributed by atoms with Gasteiger partial charge in [0.15, 0.2) is 0 Å². The number of fused-ring (bicyclic) bond motifs is 5. The molecule has 124 valence electrons. The quantitative estimate of drug-likeness (QED) is 0.480. The fraction of sp³-hybridized carbons (Fsp3) is 0.389. The lowest BCUT2D eigenvalue weighted by Gasteiger charge is -2.24. The zero-order valence-electron chi connectivity index (χ0n) is 13.4. The minimum atomic E-state index is -0.754. The fourth-order valence-corrected chi connectivity index (χ4v) is 3.94. The van der Waals surface area contributed by atoms with E-state index < -0.39 is 23.4 Å². The maximum atomic E-state index is 13.0. The Morgan fingerprint density at radius 2 is 2.04 bits per heavy atom. The maximum Gasteiger partial charge on any atom is 0.340 e. The van der Waals surface area contributed by atoms with Crippen LogP contribution in [0.3, 0.4) is 0 Å². The van der Waals surface area contributed by atoms with Crippen LogP contribution < -0.4 is 4.90 Å². The smallest absolute Gasteiger partial charge is 0.340 e. The number of imide groups is 1. The molecule has 0 unspecified atom stereocenters. The van der Waals surface area contributed by atoms with E-state index in [1.54, 1.807) is 31.2 Å². The summed E-state index contributed by atoms with van der Waals surface area (Å²) in [6, 6.07) is 6.53. The second-order valence-corrected chi connectivity index (χ2v) is 6.38. The van der Waals surface area contributed by atoms with Crippen LogP contribution in [-0.4, -0.2) is 36.1 Å². The van der Waals surface area contributed by atoms with E-state index in [2.05, 4.69) is 0 Å². The SMILES string of the molecule is CCOC(=O)c1ccccc1N1C(=O)[C@H]2[C@H]3C=C[C@@](C)(O3)[C@H]2C1=O. The zero-order chi connectivity index (χ0) is 17.1. The summed E-state index contributed by atoms with van der Waals surface area (Å²) in [5, 5.41) is 0. The van der Waals surface area contributed by atoms with Gasteiger partial charge in [-0.15, -0.1) is 0 Å². The van der Waals surface area contributed by atoms with Gasteiger partial charge < -0.3 is 9.47 Å². The first kappa shape index (κ1) is 15.1. The summed E-state index contributed by atoms with van der Waals surface area (Å²) >= 11 is 0. The Hall–Kier alpha value is -2.47. The van der Waals surface area contributed by atoms with Gasteiger partial charge in [0.25, 0.3) is 0 Å². The summed E-state index contributed by atoms with van der Waals surface area (Å²) in [7, 11) is 0. The molecule has 2 fully saturated rings. The molecule has 6 nitrogen and oxygen atoms in total. The van der Waals surface area contributed by atoms with E-state index in [1.165, 1.54) is 0 Å². The number of hydrogen-bond acceptors (Lipinski definition) is 5. The van der Waals surface area contributed by atoms with Crippen LogP contribution in [0, 0.1) is 11.8 Å². The van der Waals surface area contributed by atoms with Crippen LogP contribution in [0.1, 0.15) is 24.2 Å². The van der Waals surface area contributed by atoms with E-state index in [-0.39, 0.29) is 35.8 Å². The lowest BCUT2D eigenvalue weighted by molar-refractivity contribution is -0.126. The van der Waals surface area contributed by atoms with Crippen molar-refractivity contribution >= 4 is 23.5 Å². The molecule has 0 saturated carbocycles. The van der Waals surface area contributed by atoms with Crippen LogP contribution >= 0.6 is 0 Å². The molecule has 0 aromatic heterocycles. The third-order valence-corrected chi connectivity index (χ3v) is 4.97. The summed E-state index contributed by atoms with van der Waals surface area (Å²) in [6.07, 6.45) is 3.31. The molecule has 2 amide bonds. The molecule has 3 aliphatic rings. The standard InChI is InChI=1S/C18H17NO5/c1-3-23-17(22)10-6-4-5-7-11(10)19-15(20)13-12-8-9-18(2,24-12)14(13)16(19)21/h4-9,12-14H,3H2,1-2H3/t12-,13+,14-,18-/m1/s1. The molecule has 2 bridgehead atoms. The summed E-state index contributed by atoms with van der Waals surface area (Å²) in [6.45, 7) is 3.75. The largest absolute Gasteiger partial charge is 0.462 e. The van der Waals surface area contributed by atoms with Crippen molar-refractivity contribution < 1.29 is 23.9 Å². The Kier molecular flexibility index (Phi) is 3.15. The van der Waals surface area contributed by atoms with Crippen LogP contribution in [0.4, 0.5) is 5.69 Å². The lowest BCUT2D eigenvalue weighted by atomic mass is 9.78. The van der Waals surface area contributed by atoms with E-state index in [0.29, 0.717) is 0 Å². The number of rotatable bonds is 3. The van der Waals surface area contributed by atoms with E-state index in [9.17, 15) is 14.4 Å². The molecular formula is C18H17NO5. The van der Waals surface area contributed by atoms with Crippen LogP contribution in [-0.2, 0) is 19.1 Å². The number of nitrogens with zero attached hydrogens (tertiary/aromatic N) is 1. The average Bonchev–Trinajstić information content (AvgIpc) is 3.17. The number of anilines is 1. The molecule has 3 heterocycles. The topological polar surface area (TPSA) is 72.9 Å². The monoisotopic (exact) mass is 327 g/mol. The highest BCUT2D eigenvalue weighted by atomic mass is 16.5. The van der Waals surface area contributed by atoms with Gasteiger partial charge in [0.05, 0.1) is 41.4 Å². The molecule has 24 heavy (non-hydrogen) atoms. The number of para-hydroxylation sites is 1. The third kappa shape index (κ3) is 1.83. The van der Waals surface area contributed by atoms with E-state index >= 15 is 0 Å². The molecule has 1 aromatic rings. The van der Waals surface area contributed by atoms with E-state index in [0.717, 1.165) is 4.90 Å². The number of hydrogen-bond donors (Lipinski definition) is 0. The molecule has 0 spiro atoms. The molecule has 4 rings (SSSR count). The Labute approximate surface area is 139 Å². The van der Waals surface area contributed by atoms with Gasteiger partial charge in [0.2, 0.25) is 11.8 Å². The third-order valence-electron chi connectivity index (χ3n) is 4.97. The average molecular weight is 327 g/mol. The number of esters is 1. The predicted octanol–water partition coefficient (Wildman–Crippen LogP) is 1.70. The first-order valence-corrected chi connectivity index (χ1v) is 7.99. The van der Waals surface area contributed by atoms with Gasteiger partial charge in [-0.25, -0.2) is 9.69 Å². The summed E-state index contributed by atoms with van der Waals surface area (Å²) in [4.78, 5) is 39.2. The number of carbonyl (C=O) groups is 3. The van der Waals surface area contributed by atoms with Crippen LogP contribution in [0.2, 0.25) is 0 Å². The Balaban J connectivity index is 1.76. The Bertz CT molecular complexity index is 785. The number of ether oxygens (including phenoxy) is 2. The second kappa shape index (κ2) is 5.01. The molecule has 3 aliphatic heterocycles. The van der Waals surface area contributed by atoms with Gasteiger partial charge in [-0.2, -0.15) is 0 Å². The van der Waals surface area contributed by atoms with Crippen molar-refractivity contribution in [1.29, 1.82) is 0 Å². The van der Waals surface area contributed by atoms with Gasteiger partial charge >= 0.3 is 5.97 Å². The highest BCUT2D eigenvalue weighted by molar-refractivity contribution is 6.25. The normalized spacial score (nSPS) is 33.2. The van der Waals surface area contributed by atoms with Crippen molar-refractivity contribution in [2.75, 3.05) is 11.5 Å². The minimum Gasteiger partial charge on any atom is -0.462 e. The van der Waals surface area contributed by atoms with Crippen molar-refractivity contribution in [2.24, 2.45) is 11.8 Å². The molecular weight excluding hydrogens is 310 g/mol. The Morgan fingerprint density at radius 3 is 2.75 bits per heavy atom. The number of benzene rings is 1. The first-order chi connectivity index (χ1) is 11.5. The van der Waals surface area contributed by atoms with Crippen LogP contribution in [0.15, 0.2) is 36.4 Å². The van der Waals surface area contributed by atoms with Crippen molar-refractivity contribution in [3.8, 4) is 0 Å². The molecule has 0 radical (unpaired) electrons. The van der Waals surface area contributed by atoms with E-state index in [1.807, 2.05) is 19.1 Å². The molecule has 6 heteroatoms. The summed E-state index contributed by atoms with van der Waals surface area (Å²) < 4.78 is 10.8. The van der Waals surface area contributed by atoms with E-state index in [4.69, 9.17) is 9.47 Å². The van der Waals surface area contributed by atoms with Gasteiger partial charge in [-0.1, -0.05) is 24.3 Å². The molecule has 0 aliphatic carbocycles. The van der Waals surface area contributed by atoms with Crippen LogP contribution in [0.25, 0.3) is 0 Å². The van der Waals surface area contributed by atoms with Gasteiger partial charge in [-0.3, -0.25) is 9.59 Å². The highest BCUT2D eigenvalue weighted by Gasteiger charge is 2.66. The predicted molar refractivity (Wildman–Crippen MR) is 84.3 cm³/mol. The summed E-state index contributed by atoms with van der Waals surface area (Å²) in [5.74, 6) is -2.26. The summed E-state index contributed by atoms with van der Waals surface area (Å²) in [5.41, 5.74) is -0.258. The zero-order valence-corrected chi connectivity index (χ0v) is 13.4. The molecule has 2 saturated heterocycles. The molecule has 1 aromatic carbocycles. The highest BCUT2D eigenvalue weighted by Crippen LogP contribution is 2.52. The Morgan fingerprint density at radius 1 is 1.29 bits per heavy atom. The lowest BCUT2D eigenvalue weighted by Crippen LogP contribution is -2.39. The number of amides is 2. The molecule has 4 atom stereocenters. The second-order valence-electron chi connectivity index (χ2n) is 6.38. The van der Waals surface area contributed by atoms with Gasteiger partial charge in [0.1, 0.15) is 0 Å². The fourth-order valence-electron chi connectivity index (χ4n) is 3.94. The van der Waals surface area contributed by atoms with Crippen molar-refractivity contribution in [3.05, 3.63) is 42.0 Å². The van der Waals surface area contributed by atoms with Crippen molar-refractivity contribution in [2.45, 2.75) is 25.6 Å². The number of carbonyl (C=O) groups excluding carboxylic acids is 3.